The molecule has 0 aromatic heterocycles. The van der Waals surface area contributed by atoms with E-state index in [1.165, 1.54) is 6.92 Å². The predicted octanol–water partition coefficient (Wildman–Crippen LogP) is 4.51. The molecular formula is C32H52O8. The molecule has 0 radical (unpaired) electrons. The van der Waals surface area contributed by atoms with Gasteiger partial charge in [0.2, 0.25) is 0 Å². The minimum absolute atomic E-state index is 0.0492. The van der Waals surface area contributed by atoms with Crippen LogP contribution in [0.4, 0.5) is 0 Å². The zero-order valence-corrected chi connectivity index (χ0v) is 25.6. The van der Waals surface area contributed by atoms with Gasteiger partial charge in [-0.15, -0.1) is 0 Å². The second-order valence-electron chi connectivity index (χ2n) is 12.2. The number of allylic oxidation sites excluding steroid dienone is 2. The Kier molecular flexibility index (Phi) is 13.1. The third-order valence-corrected chi connectivity index (χ3v) is 8.68. The molecule has 8 heteroatoms. The molecule has 3 N–H and O–H groups in total. The summed E-state index contributed by atoms with van der Waals surface area (Å²) in [5, 5.41) is 32.3. The van der Waals surface area contributed by atoms with E-state index in [0.29, 0.717) is 11.8 Å². The lowest BCUT2D eigenvalue weighted by molar-refractivity contribution is -0.157. The molecule has 0 amide bonds. The Labute approximate surface area is 240 Å². The van der Waals surface area contributed by atoms with Crippen LogP contribution in [-0.2, 0) is 23.8 Å². The van der Waals surface area contributed by atoms with Gasteiger partial charge >= 0.3 is 11.9 Å². The molecule has 11 atom stereocenters. The average Bonchev–Trinajstić information content (AvgIpc) is 3.68. The highest BCUT2D eigenvalue weighted by Crippen LogP contribution is 2.49. The van der Waals surface area contributed by atoms with Gasteiger partial charge in [0, 0.05) is 25.9 Å². The van der Waals surface area contributed by atoms with Crippen LogP contribution in [0.3, 0.4) is 0 Å². The van der Waals surface area contributed by atoms with Crippen molar-refractivity contribution in [2.75, 3.05) is 7.11 Å². The third-order valence-electron chi connectivity index (χ3n) is 8.68. The molecule has 0 aromatic rings. The third kappa shape index (κ3) is 9.82. The number of ether oxygens (including phenoxy) is 3. The number of hydrogen-bond donors (Lipinski definition) is 3. The van der Waals surface area contributed by atoms with E-state index in [1.807, 2.05) is 39.0 Å². The number of aliphatic hydroxyl groups is 3. The fraction of sp³-hybridized carbons (Fsp3) is 0.750. The van der Waals surface area contributed by atoms with Gasteiger partial charge in [0.1, 0.15) is 17.8 Å². The van der Waals surface area contributed by atoms with E-state index in [-0.39, 0.29) is 43.1 Å². The van der Waals surface area contributed by atoms with Crippen molar-refractivity contribution >= 4 is 11.9 Å². The van der Waals surface area contributed by atoms with Crippen molar-refractivity contribution in [3.8, 4) is 0 Å². The van der Waals surface area contributed by atoms with Crippen molar-refractivity contribution in [1.29, 1.82) is 0 Å². The lowest BCUT2D eigenvalue weighted by atomic mass is 9.88. The van der Waals surface area contributed by atoms with Gasteiger partial charge in [-0.2, -0.15) is 0 Å². The maximum atomic E-state index is 12.6. The molecule has 1 fully saturated rings. The van der Waals surface area contributed by atoms with Crippen molar-refractivity contribution in [3.05, 3.63) is 36.0 Å². The molecule has 0 aromatic carbocycles. The summed E-state index contributed by atoms with van der Waals surface area (Å²) in [5.41, 5.74) is -0.625. The quantitative estimate of drug-likeness (QED) is 0.201. The number of rotatable bonds is 10. The Balaban J connectivity index is 2.16. The topological polar surface area (TPSA) is 123 Å². The van der Waals surface area contributed by atoms with E-state index in [1.54, 1.807) is 26.2 Å². The van der Waals surface area contributed by atoms with Crippen molar-refractivity contribution in [2.45, 2.75) is 117 Å². The molecule has 0 bridgehead atoms. The first-order chi connectivity index (χ1) is 18.7. The second-order valence-corrected chi connectivity index (χ2v) is 12.2. The second kappa shape index (κ2) is 15.3. The van der Waals surface area contributed by atoms with E-state index in [0.717, 1.165) is 18.4 Å². The van der Waals surface area contributed by atoms with Crippen LogP contribution < -0.4 is 0 Å². The Hall–Kier alpha value is -2.00. The highest BCUT2D eigenvalue weighted by Gasteiger charge is 2.48. The molecule has 40 heavy (non-hydrogen) atoms. The first kappa shape index (κ1) is 34.2. The summed E-state index contributed by atoms with van der Waals surface area (Å²) in [4.78, 5) is 24.3. The first-order valence-electron chi connectivity index (χ1n) is 14.7. The monoisotopic (exact) mass is 564 g/mol. The summed E-state index contributed by atoms with van der Waals surface area (Å²) in [5.74, 6) is -0.272. The SMILES string of the molecule is CC[C@H](OC)[C@@H](C)[C@@H]1C[C@@H]1[C@@H](O)[C@@H](C)/C=C/C=C(\C)[C@H]1OC(=O)C[C@H](O)CC[C@@](C)(O)[C@@H](OC(C)=O)/C=C/[C@@H]1C. The number of hydrogen-bond acceptors (Lipinski definition) is 8. The maximum absolute atomic E-state index is 12.6. The summed E-state index contributed by atoms with van der Waals surface area (Å²) in [7, 11) is 1.75. The van der Waals surface area contributed by atoms with Crippen molar-refractivity contribution < 1.29 is 39.1 Å². The fourth-order valence-corrected chi connectivity index (χ4v) is 5.87. The Bertz CT molecular complexity index is 918. The van der Waals surface area contributed by atoms with Crippen LogP contribution in [0.25, 0.3) is 0 Å². The summed E-state index contributed by atoms with van der Waals surface area (Å²) >= 11 is 0. The molecule has 0 saturated heterocycles. The van der Waals surface area contributed by atoms with Gasteiger partial charge in [-0.25, -0.2) is 0 Å². The van der Waals surface area contributed by atoms with Crippen molar-refractivity contribution in [2.24, 2.45) is 29.6 Å². The van der Waals surface area contributed by atoms with E-state index in [2.05, 4.69) is 13.8 Å². The van der Waals surface area contributed by atoms with Crippen LogP contribution in [-0.4, -0.2) is 70.5 Å². The van der Waals surface area contributed by atoms with Gasteiger partial charge in [-0.1, -0.05) is 52.0 Å². The zero-order valence-electron chi connectivity index (χ0n) is 25.6. The van der Waals surface area contributed by atoms with E-state index < -0.39 is 42.0 Å². The van der Waals surface area contributed by atoms with E-state index in [9.17, 15) is 24.9 Å². The molecule has 0 spiro atoms. The summed E-state index contributed by atoms with van der Waals surface area (Å²) < 4.78 is 16.8. The van der Waals surface area contributed by atoms with Crippen LogP contribution in [0.2, 0.25) is 0 Å². The number of methoxy groups -OCH3 is 1. The fourth-order valence-electron chi connectivity index (χ4n) is 5.87. The Morgan fingerprint density at radius 1 is 1.25 bits per heavy atom. The summed E-state index contributed by atoms with van der Waals surface area (Å²) in [6.45, 7) is 12.9. The van der Waals surface area contributed by atoms with Crippen LogP contribution in [0.1, 0.15) is 80.6 Å². The van der Waals surface area contributed by atoms with Crippen LogP contribution >= 0.6 is 0 Å². The number of cyclic esters (lactones) is 1. The maximum Gasteiger partial charge on any atom is 0.309 e. The minimum Gasteiger partial charge on any atom is -0.457 e. The molecule has 0 unspecified atom stereocenters. The van der Waals surface area contributed by atoms with Crippen molar-refractivity contribution in [1.82, 2.24) is 0 Å². The molecule has 1 aliphatic carbocycles. The van der Waals surface area contributed by atoms with Gasteiger partial charge in [0.05, 0.1) is 24.7 Å². The molecule has 2 rings (SSSR count). The van der Waals surface area contributed by atoms with Crippen LogP contribution in [0.15, 0.2) is 36.0 Å². The Morgan fingerprint density at radius 3 is 2.52 bits per heavy atom. The standard InChI is InChI=1S/C32H52O8/c1-9-27(38-8)22(5)25-18-26(25)30(36)19(2)11-10-12-20(3)31-21(4)13-14-28(39-23(6)33)32(7,37)16-15-24(34)17-29(35)40-31/h10-14,19,21-22,24-28,30-31,34,36-37H,9,15-18H2,1-8H3/b11-10+,14-13+,20-12+/t19-,21-,22-,24+,25-,26-,27-,28-,30-,31+,32+/m0/s1. The molecule has 2 aliphatic rings. The molecular weight excluding hydrogens is 512 g/mol. The summed E-state index contributed by atoms with van der Waals surface area (Å²) in [6.07, 6.45) is 8.42. The number of esters is 2. The number of aliphatic hydroxyl groups excluding tert-OH is 2. The number of carbonyl (C=O) groups is 2. The highest BCUT2D eigenvalue weighted by molar-refractivity contribution is 5.70. The highest BCUT2D eigenvalue weighted by atomic mass is 16.6. The normalized spacial score (nSPS) is 36.0. The van der Waals surface area contributed by atoms with Gasteiger partial charge in [0.25, 0.3) is 0 Å². The zero-order chi connectivity index (χ0) is 30.2. The van der Waals surface area contributed by atoms with Crippen LogP contribution in [0, 0.1) is 29.6 Å². The number of carbonyl (C=O) groups excluding carboxylic acids is 2. The van der Waals surface area contributed by atoms with E-state index >= 15 is 0 Å². The Morgan fingerprint density at radius 2 is 1.93 bits per heavy atom. The van der Waals surface area contributed by atoms with E-state index in [4.69, 9.17) is 14.2 Å². The molecule has 8 nitrogen and oxygen atoms in total. The average molecular weight is 565 g/mol. The lowest BCUT2D eigenvalue weighted by Crippen LogP contribution is -2.42. The van der Waals surface area contributed by atoms with Gasteiger partial charge in [-0.05, 0) is 68.9 Å². The first-order valence-corrected chi connectivity index (χ1v) is 14.7. The molecule has 228 valence electrons. The van der Waals surface area contributed by atoms with Gasteiger partial charge < -0.3 is 29.5 Å². The van der Waals surface area contributed by atoms with Crippen LogP contribution in [0.5, 0.6) is 0 Å². The molecule has 1 aliphatic heterocycles. The van der Waals surface area contributed by atoms with Crippen molar-refractivity contribution in [3.63, 3.8) is 0 Å². The largest absolute Gasteiger partial charge is 0.457 e. The predicted molar refractivity (Wildman–Crippen MR) is 154 cm³/mol. The summed E-state index contributed by atoms with van der Waals surface area (Å²) in [6, 6.07) is 0. The van der Waals surface area contributed by atoms with Gasteiger partial charge in [0.15, 0.2) is 0 Å². The smallest absolute Gasteiger partial charge is 0.309 e. The lowest BCUT2D eigenvalue weighted by Gasteiger charge is -2.32. The van der Waals surface area contributed by atoms with Gasteiger partial charge in [-0.3, -0.25) is 9.59 Å². The minimum atomic E-state index is -1.41. The molecule has 1 heterocycles. The molecule has 1 saturated carbocycles.